The number of benzene rings is 2. The number of rotatable bonds is 3. The predicted molar refractivity (Wildman–Crippen MR) is 122 cm³/mol. The number of anilines is 1. The average Bonchev–Trinajstić information content (AvgIpc) is 3.36. The quantitative estimate of drug-likeness (QED) is 0.466. The molecule has 0 unspecified atom stereocenters. The number of aromatic nitrogens is 3. The van der Waals surface area contributed by atoms with Gasteiger partial charge in [0, 0.05) is 11.1 Å². The Balaban J connectivity index is 1.92. The van der Waals surface area contributed by atoms with Gasteiger partial charge in [-0.15, -0.1) is 0 Å². The van der Waals surface area contributed by atoms with Crippen molar-refractivity contribution in [3.8, 4) is 11.4 Å². The van der Waals surface area contributed by atoms with E-state index in [4.69, 9.17) is 21.4 Å². The van der Waals surface area contributed by atoms with Crippen molar-refractivity contribution in [3.05, 3.63) is 58.7 Å². The number of aromatic hydroxyl groups is 1. The van der Waals surface area contributed by atoms with Crippen LogP contribution in [0.3, 0.4) is 0 Å². The highest BCUT2D eigenvalue weighted by Crippen LogP contribution is 2.37. The number of phenols is 1. The molecule has 7 nitrogen and oxygen atoms in total. The van der Waals surface area contributed by atoms with Gasteiger partial charge in [0.15, 0.2) is 5.65 Å². The summed E-state index contributed by atoms with van der Waals surface area (Å²) in [4.78, 5) is 22.1. The normalized spacial score (nSPS) is 13.8. The highest BCUT2D eigenvalue weighted by molar-refractivity contribution is 6.11. The summed E-state index contributed by atoms with van der Waals surface area (Å²) in [6, 6.07) is 9.34. The lowest BCUT2D eigenvalue weighted by Crippen LogP contribution is -2.14. The summed E-state index contributed by atoms with van der Waals surface area (Å²) >= 11 is 0. The molecule has 2 aromatic carbocycles. The highest BCUT2D eigenvalue weighted by Gasteiger charge is 2.26. The number of allylic oxidation sites excluding steroid dienone is 2. The third-order valence-electron chi connectivity index (χ3n) is 6.08. The molecule has 0 spiro atoms. The summed E-state index contributed by atoms with van der Waals surface area (Å²) in [6.45, 7) is 3.71. The molecule has 0 fully saturated rings. The second kappa shape index (κ2) is 6.84. The fraction of sp³-hybridized carbons (Fsp3) is 0.208. The molecule has 0 saturated heterocycles. The Hall–Kier alpha value is -3.87. The van der Waals surface area contributed by atoms with E-state index in [2.05, 4.69) is 6.08 Å². The molecule has 1 amide bonds. The Morgan fingerprint density at radius 1 is 1.13 bits per heavy atom. The van der Waals surface area contributed by atoms with Gasteiger partial charge in [0.05, 0.1) is 16.7 Å². The first-order valence-corrected chi connectivity index (χ1v) is 10.3. The van der Waals surface area contributed by atoms with Gasteiger partial charge in [0.2, 0.25) is 0 Å². The Labute approximate surface area is 179 Å². The highest BCUT2D eigenvalue weighted by atomic mass is 16.3. The standard InChI is InChI=1S/C24H23N5O2/c1-12-10-11-17(30)13(2)21(12)29-22(25)18(23(26)31)20-24(29)27-16-9-5-8-15(19(16)28-20)14-6-3-4-7-14/h5-6,8-11,30H,3-4,7,25H2,1-2H3,(H2,26,31). The minimum Gasteiger partial charge on any atom is -0.508 e. The molecule has 0 saturated carbocycles. The van der Waals surface area contributed by atoms with E-state index in [1.54, 1.807) is 23.6 Å². The number of fused-ring (bicyclic) bond motifs is 2. The van der Waals surface area contributed by atoms with Crippen molar-refractivity contribution in [3.63, 3.8) is 0 Å². The third-order valence-corrected chi connectivity index (χ3v) is 6.08. The van der Waals surface area contributed by atoms with E-state index in [0.29, 0.717) is 27.9 Å². The van der Waals surface area contributed by atoms with Crippen LogP contribution in [-0.2, 0) is 0 Å². The van der Waals surface area contributed by atoms with Crippen molar-refractivity contribution < 1.29 is 9.90 Å². The summed E-state index contributed by atoms with van der Waals surface area (Å²) in [5.41, 5.74) is 19.0. The molecule has 31 heavy (non-hydrogen) atoms. The van der Waals surface area contributed by atoms with Crippen molar-refractivity contribution in [1.82, 2.24) is 14.5 Å². The number of nitrogens with two attached hydrogens (primary N) is 2. The van der Waals surface area contributed by atoms with Gasteiger partial charge in [-0.05, 0) is 56.4 Å². The predicted octanol–water partition coefficient (Wildman–Crippen LogP) is 4.14. The minimum absolute atomic E-state index is 0.131. The summed E-state index contributed by atoms with van der Waals surface area (Å²) < 4.78 is 1.67. The maximum Gasteiger partial charge on any atom is 0.254 e. The Morgan fingerprint density at radius 3 is 2.65 bits per heavy atom. The zero-order chi connectivity index (χ0) is 21.9. The van der Waals surface area contributed by atoms with Crippen molar-refractivity contribution in [2.45, 2.75) is 33.1 Å². The van der Waals surface area contributed by atoms with Crippen molar-refractivity contribution in [1.29, 1.82) is 0 Å². The summed E-state index contributed by atoms with van der Waals surface area (Å²) in [7, 11) is 0. The largest absolute Gasteiger partial charge is 0.508 e. The summed E-state index contributed by atoms with van der Waals surface area (Å²) in [5.74, 6) is -0.370. The van der Waals surface area contributed by atoms with Crippen LogP contribution in [0, 0.1) is 13.8 Å². The van der Waals surface area contributed by atoms with Gasteiger partial charge in [-0.1, -0.05) is 24.3 Å². The lowest BCUT2D eigenvalue weighted by atomic mass is 10.0. The van der Waals surface area contributed by atoms with Gasteiger partial charge in [-0.25, -0.2) is 9.97 Å². The van der Waals surface area contributed by atoms with Gasteiger partial charge in [-0.2, -0.15) is 0 Å². The lowest BCUT2D eigenvalue weighted by Gasteiger charge is -2.15. The Kier molecular flexibility index (Phi) is 4.22. The van der Waals surface area contributed by atoms with E-state index in [-0.39, 0.29) is 17.1 Å². The Bertz CT molecular complexity index is 1430. The second-order valence-corrected chi connectivity index (χ2v) is 8.03. The smallest absolute Gasteiger partial charge is 0.254 e. The number of carbonyl (C=O) groups is 1. The average molecular weight is 413 g/mol. The summed E-state index contributed by atoms with van der Waals surface area (Å²) in [6.07, 6.45) is 5.39. The number of amides is 1. The molecule has 0 bridgehead atoms. The zero-order valence-corrected chi connectivity index (χ0v) is 17.4. The molecular weight excluding hydrogens is 390 g/mol. The van der Waals surface area contributed by atoms with Crippen LogP contribution in [0.4, 0.5) is 5.82 Å². The molecule has 7 heteroatoms. The molecule has 156 valence electrons. The number of hydrogen-bond donors (Lipinski definition) is 3. The number of phenolic OH excluding ortho intramolecular Hbond substituents is 1. The second-order valence-electron chi connectivity index (χ2n) is 8.03. The molecule has 0 atom stereocenters. The number of carbonyl (C=O) groups excluding carboxylic acids is 1. The van der Waals surface area contributed by atoms with Crippen LogP contribution < -0.4 is 11.5 Å². The SMILES string of the molecule is Cc1ccc(O)c(C)c1-n1c(N)c(C(N)=O)c2nc3c(C4=CCCC4)cccc3nc21. The third kappa shape index (κ3) is 2.77. The number of aryl methyl sites for hydroxylation is 1. The number of primary amides is 1. The first-order chi connectivity index (χ1) is 14.9. The van der Waals surface area contributed by atoms with E-state index in [1.807, 2.05) is 25.1 Å². The monoisotopic (exact) mass is 413 g/mol. The minimum atomic E-state index is -0.664. The zero-order valence-electron chi connectivity index (χ0n) is 17.4. The molecule has 4 aromatic rings. The van der Waals surface area contributed by atoms with Crippen LogP contribution in [-0.4, -0.2) is 25.5 Å². The van der Waals surface area contributed by atoms with E-state index in [1.165, 1.54) is 5.57 Å². The maximum absolute atomic E-state index is 12.4. The number of nitrogen functional groups attached to an aromatic ring is 1. The fourth-order valence-corrected chi connectivity index (χ4v) is 4.55. The van der Waals surface area contributed by atoms with Gasteiger partial charge in [0.25, 0.3) is 5.91 Å². The first-order valence-electron chi connectivity index (χ1n) is 10.3. The van der Waals surface area contributed by atoms with Crippen molar-refractivity contribution in [2.75, 3.05) is 5.73 Å². The topological polar surface area (TPSA) is 120 Å². The molecule has 1 aliphatic rings. The van der Waals surface area contributed by atoms with Gasteiger partial charge < -0.3 is 16.6 Å². The number of hydrogen-bond acceptors (Lipinski definition) is 5. The fourth-order valence-electron chi connectivity index (χ4n) is 4.55. The lowest BCUT2D eigenvalue weighted by molar-refractivity contribution is 0.100. The molecule has 5 N–H and O–H groups in total. The molecule has 2 heterocycles. The first kappa shape index (κ1) is 19.1. The van der Waals surface area contributed by atoms with Gasteiger partial charge in [-0.3, -0.25) is 9.36 Å². The van der Waals surface area contributed by atoms with Crippen molar-refractivity contribution in [2.24, 2.45) is 5.73 Å². The number of nitrogens with zero attached hydrogens (tertiary/aromatic N) is 3. The van der Waals surface area contributed by atoms with Crippen LogP contribution >= 0.6 is 0 Å². The van der Waals surface area contributed by atoms with E-state index in [0.717, 1.165) is 35.9 Å². The van der Waals surface area contributed by atoms with Crippen LogP contribution in [0.15, 0.2) is 36.4 Å². The maximum atomic E-state index is 12.4. The molecule has 2 aromatic heterocycles. The van der Waals surface area contributed by atoms with E-state index < -0.39 is 5.91 Å². The van der Waals surface area contributed by atoms with Gasteiger partial charge >= 0.3 is 0 Å². The van der Waals surface area contributed by atoms with Crippen LogP contribution in [0.1, 0.15) is 46.3 Å². The van der Waals surface area contributed by atoms with Crippen LogP contribution in [0.25, 0.3) is 33.5 Å². The molecule has 5 rings (SSSR count). The molecule has 1 aliphatic carbocycles. The molecule has 0 radical (unpaired) electrons. The van der Waals surface area contributed by atoms with Crippen LogP contribution in [0.5, 0.6) is 5.75 Å². The van der Waals surface area contributed by atoms with Crippen molar-refractivity contribution >= 4 is 39.5 Å². The summed E-state index contributed by atoms with van der Waals surface area (Å²) in [5, 5.41) is 10.3. The van der Waals surface area contributed by atoms with E-state index in [9.17, 15) is 9.90 Å². The molecular formula is C24H23N5O2. The van der Waals surface area contributed by atoms with Gasteiger partial charge in [0.1, 0.15) is 22.6 Å². The van der Waals surface area contributed by atoms with E-state index >= 15 is 0 Å². The molecule has 0 aliphatic heterocycles. The van der Waals surface area contributed by atoms with Crippen LogP contribution in [0.2, 0.25) is 0 Å². The number of para-hydroxylation sites is 1. The Morgan fingerprint density at radius 2 is 1.94 bits per heavy atom.